The molecule has 0 spiro atoms. The molecule has 8 heteroatoms. The largest absolute Gasteiger partial charge is 0.416 e. The van der Waals surface area contributed by atoms with Crippen molar-refractivity contribution in [3.05, 3.63) is 33.9 Å². The van der Waals surface area contributed by atoms with Crippen molar-refractivity contribution in [1.29, 1.82) is 0 Å². The van der Waals surface area contributed by atoms with Crippen molar-refractivity contribution in [2.24, 2.45) is 5.92 Å². The van der Waals surface area contributed by atoms with Gasteiger partial charge in [0.15, 0.2) is 0 Å². The van der Waals surface area contributed by atoms with Gasteiger partial charge in [-0.1, -0.05) is 0 Å². The first-order chi connectivity index (χ1) is 11.1. The molecule has 0 saturated carbocycles. The van der Waals surface area contributed by atoms with Crippen LogP contribution >= 0.6 is 0 Å². The van der Waals surface area contributed by atoms with Crippen molar-refractivity contribution in [1.82, 2.24) is 4.90 Å². The average molecular weight is 345 g/mol. The fourth-order valence-corrected chi connectivity index (χ4v) is 3.19. The summed E-state index contributed by atoms with van der Waals surface area (Å²) in [6.45, 7) is 3.88. The molecule has 1 aromatic carbocycles. The second-order valence-electron chi connectivity index (χ2n) is 6.45. The molecule has 2 rings (SSSR count). The maximum absolute atomic E-state index is 12.8. The Morgan fingerprint density at radius 2 is 1.92 bits per heavy atom. The summed E-state index contributed by atoms with van der Waals surface area (Å²) < 4.78 is 38.4. The Balaban J connectivity index is 2.28. The Bertz CT molecular complexity index is 599. The number of nitro groups is 1. The van der Waals surface area contributed by atoms with E-state index in [1.807, 2.05) is 14.0 Å². The molecule has 24 heavy (non-hydrogen) atoms. The lowest BCUT2D eigenvalue weighted by Crippen LogP contribution is -2.42. The van der Waals surface area contributed by atoms with Gasteiger partial charge in [0.1, 0.15) is 5.69 Å². The fourth-order valence-electron chi connectivity index (χ4n) is 3.19. The molecular formula is C16H22F3N3O2. The first-order valence-corrected chi connectivity index (χ1v) is 7.88. The molecule has 1 unspecified atom stereocenters. The summed E-state index contributed by atoms with van der Waals surface area (Å²) in [5.74, 6) is 0.355. The van der Waals surface area contributed by atoms with Gasteiger partial charge >= 0.3 is 6.18 Å². The predicted octanol–water partition coefficient (Wildman–Crippen LogP) is 3.78. The monoisotopic (exact) mass is 345 g/mol. The molecule has 1 aliphatic rings. The first-order valence-electron chi connectivity index (χ1n) is 7.88. The number of rotatable bonds is 4. The zero-order valence-electron chi connectivity index (χ0n) is 14.0. The van der Waals surface area contributed by atoms with E-state index in [1.165, 1.54) is 6.07 Å². The minimum Gasteiger partial charge on any atom is -0.366 e. The van der Waals surface area contributed by atoms with Gasteiger partial charge in [0, 0.05) is 19.2 Å². The number of hydrogen-bond acceptors (Lipinski definition) is 4. The van der Waals surface area contributed by atoms with Crippen molar-refractivity contribution in [3.8, 4) is 0 Å². The maximum atomic E-state index is 12.8. The lowest BCUT2D eigenvalue weighted by Gasteiger charge is -2.37. The Kier molecular flexibility index (Phi) is 5.37. The Morgan fingerprint density at radius 1 is 1.33 bits per heavy atom. The molecule has 134 valence electrons. The van der Waals surface area contributed by atoms with E-state index >= 15 is 0 Å². The van der Waals surface area contributed by atoms with E-state index in [4.69, 9.17) is 0 Å². The third-order valence-electron chi connectivity index (χ3n) is 4.94. The van der Waals surface area contributed by atoms with Crippen molar-refractivity contribution in [2.45, 2.75) is 32.0 Å². The van der Waals surface area contributed by atoms with Crippen LogP contribution in [0.4, 0.5) is 24.5 Å². The molecular weight excluding hydrogens is 323 g/mol. The van der Waals surface area contributed by atoms with Gasteiger partial charge in [-0.3, -0.25) is 10.1 Å². The van der Waals surface area contributed by atoms with Crippen LogP contribution in [0.1, 0.15) is 25.3 Å². The van der Waals surface area contributed by atoms with Crippen molar-refractivity contribution in [2.75, 3.05) is 32.1 Å². The lowest BCUT2D eigenvalue weighted by molar-refractivity contribution is -0.384. The lowest BCUT2D eigenvalue weighted by atomic mass is 9.89. The summed E-state index contributed by atoms with van der Waals surface area (Å²) in [5, 5.41) is 11.3. The summed E-state index contributed by atoms with van der Waals surface area (Å²) in [4.78, 5) is 14.5. The molecule has 1 heterocycles. The molecule has 0 N–H and O–H groups in total. The number of alkyl halides is 3. The second kappa shape index (κ2) is 6.96. The highest BCUT2D eigenvalue weighted by atomic mass is 19.4. The number of anilines is 1. The molecule has 5 nitrogen and oxygen atoms in total. The van der Waals surface area contributed by atoms with Gasteiger partial charge in [-0.2, -0.15) is 13.2 Å². The minimum atomic E-state index is -4.60. The van der Waals surface area contributed by atoms with Crippen LogP contribution in [0.25, 0.3) is 0 Å². The summed E-state index contributed by atoms with van der Waals surface area (Å²) >= 11 is 0. The van der Waals surface area contributed by atoms with Crippen LogP contribution in [-0.2, 0) is 6.18 Å². The Hall–Kier alpha value is -1.83. The van der Waals surface area contributed by atoms with E-state index in [1.54, 1.807) is 11.9 Å². The minimum absolute atomic E-state index is 0.00846. The molecule has 1 aliphatic heterocycles. The van der Waals surface area contributed by atoms with Crippen LogP contribution in [0.15, 0.2) is 18.2 Å². The summed E-state index contributed by atoms with van der Waals surface area (Å²) in [5.41, 5.74) is -1.29. The van der Waals surface area contributed by atoms with Crippen molar-refractivity contribution in [3.63, 3.8) is 0 Å². The van der Waals surface area contributed by atoms with Crippen LogP contribution in [-0.4, -0.2) is 43.0 Å². The highest BCUT2D eigenvalue weighted by molar-refractivity contribution is 5.64. The number of piperidine rings is 1. The van der Waals surface area contributed by atoms with E-state index in [-0.39, 0.29) is 11.7 Å². The van der Waals surface area contributed by atoms with Crippen LogP contribution in [0.3, 0.4) is 0 Å². The normalized spacial score (nSPS) is 18.4. The molecule has 1 saturated heterocycles. The van der Waals surface area contributed by atoms with E-state index in [0.29, 0.717) is 12.0 Å². The van der Waals surface area contributed by atoms with Gasteiger partial charge in [-0.25, -0.2) is 0 Å². The van der Waals surface area contributed by atoms with Crippen LogP contribution < -0.4 is 4.90 Å². The SMILES string of the molecule is CC(C1CCN(C)CC1)N(C)c1ccc(C(F)(F)F)cc1[N+](=O)[O-]. The number of halogens is 3. The molecule has 1 atom stereocenters. The van der Waals surface area contributed by atoms with Gasteiger partial charge in [-0.15, -0.1) is 0 Å². The number of nitro benzene ring substituents is 1. The number of nitrogens with zero attached hydrogens (tertiary/aromatic N) is 3. The highest BCUT2D eigenvalue weighted by Gasteiger charge is 2.34. The maximum Gasteiger partial charge on any atom is 0.416 e. The Labute approximate surface area is 139 Å². The standard InChI is InChI=1S/C16H22F3N3O2/c1-11(12-6-8-20(2)9-7-12)21(3)14-5-4-13(16(17,18)19)10-15(14)22(23)24/h4-5,10-12H,6-9H2,1-3H3. The molecule has 0 amide bonds. The van der Waals surface area contributed by atoms with Gasteiger partial charge < -0.3 is 9.80 Å². The molecule has 0 aliphatic carbocycles. The van der Waals surface area contributed by atoms with Crippen LogP contribution in [0.2, 0.25) is 0 Å². The third-order valence-corrected chi connectivity index (χ3v) is 4.94. The van der Waals surface area contributed by atoms with E-state index < -0.39 is 22.4 Å². The average Bonchev–Trinajstić information content (AvgIpc) is 2.52. The number of likely N-dealkylation sites (tertiary alicyclic amines) is 1. The van der Waals surface area contributed by atoms with Gasteiger partial charge in [0.05, 0.1) is 10.5 Å². The zero-order valence-corrected chi connectivity index (χ0v) is 14.0. The van der Waals surface area contributed by atoms with Gasteiger partial charge in [0.25, 0.3) is 5.69 Å². The summed E-state index contributed by atoms with van der Waals surface area (Å²) in [6.07, 6.45) is -2.66. The van der Waals surface area contributed by atoms with E-state index in [0.717, 1.165) is 32.0 Å². The summed E-state index contributed by atoms with van der Waals surface area (Å²) in [6, 6.07) is 2.73. The summed E-state index contributed by atoms with van der Waals surface area (Å²) in [7, 11) is 3.75. The number of benzene rings is 1. The predicted molar refractivity (Wildman–Crippen MR) is 86.2 cm³/mol. The topological polar surface area (TPSA) is 49.6 Å². The fraction of sp³-hybridized carbons (Fsp3) is 0.625. The quantitative estimate of drug-likeness (QED) is 0.615. The molecule has 0 radical (unpaired) electrons. The van der Waals surface area contributed by atoms with E-state index in [2.05, 4.69) is 4.90 Å². The molecule has 1 aromatic rings. The zero-order chi connectivity index (χ0) is 18.1. The second-order valence-corrected chi connectivity index (χ2v) is 6.45. The molecule has 1 fully saturated rings. The highest BCUT2D eigenvalue weighted by Crippen LogP contribution is 2.37. The van der Waals surface area contributed by atoms with Crippen molar-refractivity contribution < 1.29 is 18.1 Å². The molecule has 0 bridgehead atoms. The first kappa shape index (κ1) is 18.5. The third kappa shape index (κ3) is 3.98. The number of hydrogen-bond donors (Lipinski definition) is 0. The molecule has 0 aromatic heterocycles. The van der Waals surface area contributed by atoms with Gasteiger partial charge in [-0.05, 0) is 58.0 Å². The van der Waals surface area contributed by atoms with Crippen molar-refractivity contribution >= 4 is 11.4 Å². The smallest absolute Gasteiger partial charge is 0.366 e. The van der Waals surface area contributed by atoms with Crippen LogP contribution in [0.5, 0.6) is 0 Å². The Morgan fingerprint density at radius 3 is 2.42 bits per heavy atom. The van der Waals surface area contributed by atoms with E-state index in [9.17, 15) is 23.3 Å². The van der Waals surface area contributed by atoms with Gasteiger partial charge in [0.2, 0.25) is 0 Å². The van der Waals surface area contributed by atoms with Crippen LogP contribution in [0, 0.1) is 16.0 Å².